The van der Waals surface area contributed by atoms with Crippen LogP contribution < -0.4 is 19.8 Å². The zero-order chi connectivity index (χ0) is 21.2. The molecule has 1 aromatic heterocycles. The van der Waals surface area contributed by atoms with Crippen molar-refractivity contribution < 1.29 is 14.2 Å². The van der Waals surface area contributed by atoms with Gasteiger partial charge in [-0.2, -0.15) is 0 Å². The molecule has 5 rings (SSSR count). The molecule has 30 heavy (non-hydrogen) atoms. The van der Waals surface area contributed by atoms with Crippen molar-refractivity contribution in [2.24, 2.45) is 11.8 Å². The van der Waals surface area contributed by atoms with E-state index in [-0.39, 0.29) is 28.9 Å². The number of benzene rings is 2. The smallest absolute Gasteiger partial charge is 0.255 e. The molecule has 1 fully saturated rings. The maximum absolute atomic E-state index is 13.2. The lowest BCUT2D eigenvalue weighted by Crippen LogP contribution is -2.58. The molecular formula is C25H27NO4. The molecule has 1 aliphatic heterocycles. The van der Waals surface area contributed by atoms with Crippen LogP contribution in [0.15, 0.2) is 47.3 Å². The summed E-state index contributed by atoms with van der Waals surface area (Å²) < 4.78 is 17.5. The molecule has 2 heterocycles. The van der Waals surface area contributed by atoms with Gasteiger partial charge in [0.1, 0.15) is 11.4 Å². The summed E-state index contributed by atoms with van der Waals surface area (Å²) >= 11 is 0. The topological polar surface area (TPSA) is 60.6 Å². The van der Waals surface area contributed by atoms with Crippen molar-refractivity contribution in [2.45, 2.75) is 38.2 Å². The van der Waals surface area contributed by atoms with E-state index in [1.165, 1.54) is 0 Å². The Morgan fingerprint density at radius 2 is 1.73 bits per heavy atom. The molecule has 3 aromatic rings. The van der Waals surface area contributed by atoms with Gasteiger partial charge in [0.25, 0.3) is 5.56 Å². The van der Waals surface area contributed by atoms with E-state index in [4.69, 9.17) is 14.2 Å². The minimum Gasteiger partial charge on any atom is -0.493 e. The third kappa shape index (κ3) is 2.51. The van der Waals surface area contributed by atoms with Gasteiger partial charge >= 0.3 is 0 Å². The largest absolute Gasteiger partial charge is 0.493 e. The van der Waals surface area contributed by atoms with Gasteiger partial charge in [0.2, 0.25) is 0 Å². The van der Waals surface area contributed by atoms with Crippen molar-refractivity contribution in [3.8, 4) is 17.2 Å². The van der Waals surface area contributed by atoms with Crippen LogP contribution in [0.3, 0.4) is 0 Å². The molecule has 1 aliphatic carbocycles. The fourth-order valence-corrected chi connectivity index (χ4v) is 5.92. The van der Waals surface area contributed by atoms with Gasteiger partial charge in [0.15, 0.2) is 11.5 Å². The number of fused-ring (bicyclic) bond motifs is 5. The summed E-state index contributed by atoms with van der Waals surface area (Å²) in [4.78, 5) is 16.3. The van der Waals surface area contributed by atoms with Crippen LogP contribution in [-0.4, -0.2) is 24.8 Å². The zero-order valence-electron chi connectivity index (χ0n) is 18.0. The highest BCUT2D eigenvalue weighted by atomic mass is 16.5. The number of methoxy groups -OCH3 is 2. The van der Waals surface area contributed by atoms with Gasteiger partial charge in [0.05, 0.1) is 25.3 Å². The Morgan fingerprint density at radius 1 is 1.00 bits per heavy atom. The van der Waals surface area contributed by atoms with Crippen LogP contribution in [0.2, 0.25) is 0 Å². The van der Waals surface area contributed by atoms with Crippen LogP contribution in [0.1, 0.15) is 43.7 Å². The molecule has 5 heteroatoms. The van der Waals surface area contributed by atoms with E-state index in [2.05, 4.69) is 31.8 Å². The van der Waals surface area contributed by atoms with Gasteiger partial charge < -0.3 is 19.2 Å². The summed E-state index contributed by atoms with van der Waals surface area (Å²) in [6.45, 7) is 6.55. The fraction of sp³-hybridized carbons (Fsp3) is 0.400. The Morgan fingerprint density at radius 3 is 2.47 bits per heavy atom. The second kappa shape index (κ2) is 6.53. The van der Waals surface area contributed by atoms with Crippen molar-refractivity contribution in [1.82, 2.24) is 4.98 Å². The number of aromatic nitrogens is 1. The van der Waals surface area contributed by atoms with Gasteiger partial charge in [0, 0.05) is 17.2 Å². The van der Waals surface area contributed by atoms with Crippen molar-refractivity contribution in [3.63, 3.8) is 0 Å². The lowest BCUT2D eigenvalue weighted by atomic mass is 9.48. The average Bonchev–Trinajstić information content (AvgIpc) is 2.72. The van der Waals surface area contributed by atoms with E-state index in [1.54, 1.807) is 14.2 Å². The number of para-hydroxylation sites is 1. The van der Waals surface area contributed by atoms with Crippen LogP contribution in [-0.2, 0) is 0 Å². The van der Waals surface area contributed by atoms with E-state index in [1.807, 2.05) is 36.4 Å². The molecule has 0 amide bonds. The van der Waals surface area contributed by atoms with Crippen molar-refractivity contribution in [2.75, 3.05) is 14.2 Å². The van der Waals surface area contributed by atoms with E-state index in [0.29, 0.717) is 17.4 Å². The third-order valence-corrected chi connectivity index (χ3v) is 7.11. The van der Waals surface area contributed by atoms with Crippen molar-refractivity contribution in [3.05, 3.63) is 63.9 Å². The maximum Gasteiger partial charge on any atom is 0.255 e. The first-order valence-electron chi connectivity index (χ1n) is 10.4. The summed E-state index contributed by atoms with van der Waals surface area (Å²) in [7, 11) is 3.29. The predicted octanol–water partition coefficient (Wildman–Crippen LogP) is 4.85. The molecule has 0 spiro atoms. The minimum absolute atomic E-state index is 0.0495. The number of H-pyrrole nitrogens is 1. The Hall–Kier alpha value is -2.95. The van der Waals surface area contributed by atoms with Gasteiger partial charge in [-0.25, -0.2) is 0 Å². The minimum atomic E-state index is -0.360. The van der Waals surface area contributed by atoms with E-state index in [0.717, 1.165) is 27.8 Å². The molecule has 1 N–H and O–H groups in total. The van der Waals surface area contributed by atoms with Gasteiger partial charge in [-0.3, -0.25) is 4.79 Å². The van der Waals surface area contributed by atoms with Gasteiger partial charge in [-0.1, -0.05) is 25.1 Å². The van der Waals surface area contributed by atoms with Crippen LogP contribution >= 0.6 is 0 Å². The average molecular weight is 405 g/mol. The highest BCUT2D eigenvalue weighted by molar-refractivity contribution is 5.86. The van der Waals surface area contributed by atoms with Crippen LogP contribution in [0, 0.1) is 11.8 Å². The van der Waals surface area contributed by atoms with E-state index >= 15 is 0 Å². The quantitative estimate of drug-likeness (QED) is 0.677. The second-order valence-corrected chi connectivity index (χ2v) is 9.00. The molecule has 2 aromatic carbocycles. The zero-order valence-corrected chi connectivity index (χ0v) is 18.0. The van der Waals surface area contributed by atoms with E-state index in [9.17, 15) is 4.79 Å². The lowest BCUT2D eigenvalue weighted by Gasteiger charge is -2.59. The Kier molecular flexibility index (Phi) is 4.14. The normalized spacial score (nSPS) is 26.2. The fourth-order valence-electron chi connectivity index (χ4n) is 5.92. The van der Waals surface area contributed by atoms with Crippen LogP contribution in [0.25, 0.3) is 10.9 Å². The summed E-state index contributed by atoms with van der Waals surface area (Å²) in [5.74, 6) is 3.07. The van der Waals surface area contributed by atoms with Gasteiger partial charge in [-0.15, -0.1) is 0 Å². The summed E-state index contributed by atoms with van der Waals surface area (Å²) in [6, 6.07) is 14.0. The first-order valence-corrected chi connectivity index (χ1v) is 10.4. The maximum atomic E-state index is 13.2. The second-order valence-electron chi connectivity index (χ2n) is 9.00. The number of rotatable bonds is 3. The number of hydrogen-bond donors (Lipinski definition) is 1. The molecule has 0 bridgehead atoms. The number of hydrogen-bond acceptors (Lipinski definition) is 4. The van der Waals surface area contributed by atoms with Crippen molar-refractivity contribution in [1.29, 1.82) is 0 Å². The molecule has 0 saturated heterocycles. The third-order valence-electron chi connectivity index (χ3n) is 7.11. The molecule has 1 saturated carbocycles. The predicted molar refractivity (Wildman–Crippen MR) is 117 cm³/mol. The number of pyridine rings is 1. The lowest BCUT2D eigenvalue weighted by molar-refractivity contribution is -0.0825. The molecular weight excluding hydrogens is 378 g/mol. The molecule has 4 atom stereocenters. The molecule has 0 unspecified atom stereocenters. The highest BCUT2D eigenvalue weighted by Gasteiger charge is 2.60. The highest BCUT2D eigenvalue weighted by Crippen LogP contribution is 2.65. The Bertz CT molecular complexity index is 1200. The Balaban J connectivity index is 1.70. The van der Waals surface area contributed by atoms with Crippen molar-refractivity contribution >= 4 is 10.9 Å². The Labute approximate surface area is 176 Å². The van der Waals surface area contributed by atoms with Crippen LogP contribution in [0.4, 0.5) is 0 Å². The standard InChI is InChI=1S/C25H27NO4/c1-13-19(14-10-11-17(28-4)18(12-14)29-5)20-21-23(30-25(2,3)22(13)20)15-8-6-7-9-16(15)26-24(21)27/h6-13,19-20,22H,1-5H3,(H,26,27)/t13-,19+,20+,22+/m1/s1. The monoisotopic (exact) mass is 405 g/mol. The van der Waals surface area contributed by atoms with Gasteiger partial charge in [-0.05, 0) is 55.5 Å². The SMILES string of the molecule is COc1ccc([C@@H]2[C@@H](C)[C@H]3[C@@H]2c2c(c4ccccc4[nH]c2=O)OC3(C)C)cc1OC. The summed E-state index contributed by atoms with van der Waals surface area (Å²) in [5.41, 5.74) is 2.34. The summed E-state index contributed by atoms with van der Waals surface area (Å²) in [5, 5.41) is 0.962. The first-order chi connectivity index (χ1) is 14.4. The molecule has 0 radical (unpaired) electrons. The number of ether oxygens (including phenoxy) is 3. The van der Waals surface area contributed by atoms with Crippen LogP contribution in [0.5, 0.6) is 17.2 Å². The molecule has 156 valence electrons. The molecule has 5 nitrogen and oxygen atoms in total. The molecule has 2 aliphatic rings. The number of aromatic amines is 1. The first kappa shape index (κ1) is 19.0. The summed E-state index contributed by atoms with van der Waals surface area (Å²) in [6.07, 6.45) is 0. The van der Waals surface area contributed by atoms with E-state index < -0.39 is 0 Å². The number of nitrogens with one attached hydrogen (secondary N) is 1.